The minimum Gasteiger partial charge on any atom is -0.466 e. The van der Waals surface area contributed by atoms with Crippen LogP contribution >= 0.6 is 0 Å². The standard InChI is InChI=1S/C13H24O2/c1-10(2)7-6-8-11(3)12(4)9-15-13(5)14/h7,11-12H,6,8-9H2,1-5H3. The van der Waals surface area contributed by atoms with E-state index >= 15 is 0 Å². The fourth-order valence-electron chi connectivity index (χ4n) is 1.33. The van der Waals surface area contributed by atoms with E-state index in [1.54, 1.807) is 0 Å². The van der Waals surface area contributed by atoms with Crippen molar-refractivity contribution in [3.8, 4) is 0 Å². The Morgan fingerprint density at radius 1 is 1.20 bits per heavy atom. The number of carbonyl (C=O) groups excluding carboxylic acids is 1. The van der Waals surface area contributed by atoms with E-state index in [0.717, 1.165) is 12.8 Å². The lowest BCUT2D eigenvalue weighted by molar-refractivity contribution is -0.142. The van der Waals surface area contributed by atoms with Crippen molar-refractivity contribution in [2.24, 2.45) is 11.8 Å². The molecule has 88 valence electrons. The Hall–Kier alpha value is -0.790. The minimum atomic E-state index is -0.182. The fraction of sp³-hybridized carbons (Fsp3) is 0.769. The molecule has 2 unspecified atom stereocenters. The highest BCUT2D eigenvalue weighted by atomic mass is 16.5. The monoisotopic (exact) mass is 212 g/mol. The van der Waals surface area contributed by atoms with Crippen molar-refractivity contribution in [2.75, 3.05) is 6.61 Å². The van der Waals surface area contributed by atoms with Crippen molar-refractivity contribution >= 4 is 5.97 Å². The highest BCUT2D eigenvalue weighted by molar-refractivity contribution is 5.65. The van der Waals surface area contributed by atoms with Crippen LogP contribution in [-0.4, -0.2) is 12.6 Å². The van der Waals surface area contributed by atoms with Crippen LogP contribution < -0.4 is 0 Å². The van der Waals surface area contributed by atoms with Crippen molar-refractivity contribution in [3.63, 3.8) is 0 Å². The Bertz CT molecular complexity index is 215. The van der Waals surface area contributed by atoms with Gasteiger partial charge in [-0.3, -0.25) is 4.79 Å². The van der Waals surface area contributed by atoms with E-state index in [0.29, 0.717) is 18.4 Å². The van der Waals surface area contributed by atoms with Gasteiger partial charge in [-0.25, -0.2) is 0 Å². The van der Waals surface area contributed by atoms with Crippen LogP contribution in [0.25, 0.3) is 0 Å². The number of allylic oxidation sites excluding steroid dienone is 2. The van der Waals surface area contributed by atoms with Crippen LogP contribution in [0.5, 0.6) is 0 Å². The molecule has 15 heavy (non-hydrogen) atoms. The molecule has 0 aromatic heterocycles. The quantitative estimate of drug-likeness (QED) is 0.497. The summed E-state index contributed by atoms with van der Waals surface area (Å²) in [6.45, 7) is 10.6. The SMILES string of the molecule is CC(=O)OCC(C)C(C)CCC=C(C)C. The smallest absolute Gasteiger partial charge is 0.302 e. The van der Waals surface area contributed by atoms with Crippen molar-refractivity contribution in [3.05, 3.63) is 11.6 Å². The van der Waals surface area contributed by atoms with Gasteiger partial charge in [0.1, 0.15) is 0 Å². The summed E-state index contributed by atoms with van der Waals surface area (Å²) in [4.78, 5) is 10.6. The summed E-state index contributed by atoms with van der Waals surface area (Å²) >= 11 is 0. The summed E-state index contributed by atoms with van der Waals surface area (Å²) in [5, 5.41) is 0. The highest BCUT2D eigenvalue weighted by Crippen LogP contribution is 2.18. The Labute approximate surface area is 93.7 Å². The normalized spacial score (nSPS) is 14.2. The number of carbonyl (C=O) groups is 1. The van der Waals surface area contributed by atoms with Gasteiger partial charge in [-0.2, -0.15) is 0 Å². The Morgan fingerprint density at radius 3 is 2.27 bits per heavy atom. The summed E-state index contributed by atoms with van der Waals surface area (Å²) in [7, 11) is 0. The van der Waals surface area contributed by atoms with Crippen LogP contribution in [0, 0.1) is 11.8 Å². The van der Waals surface area contributed by atoms with E-state index in [-0.39, 0.29) is 5.97 Å². The maximum atomic E-state index is 10.6. The van der Waals surface area contributed by atoms with Crippen LogP contribution in [0.1, 0.15) is 47.5 Å². The van der Waals surface area contributed by atoms with Crippen LogP contribution in [0.3, 0.4) is 0 Å². The summed E-state index contributed by atoms with van der Waals surface area (Å²) < 4.78 is 5.00. The lowest BCUT2D eigenvalue weighted by Crippen LogP contribution is -2.16. The number of hydrogen-bond acceptors (Lipinski definition) is 2. The first-order chi connectivity index (χ1) is 6.93. The molecular weight excluding hydrogens is 188 g/mol. The van der Waals surface area contributed by atoms with Gasteiger partial charge < -0.3 is 4.74 Å². The molecule has 0 radical (unpaired) electrons. The molecule has 0 aliphatic heterocycles. The van der Waals surface area contributed by atoms with Gasteiger partial charge in [0.25, 0.3) is 0 Å². The Kier molecular flexibility index (Phi) is 7.10. The van der Waals surface area contributed by atoms with Crippen LogP contribution in [0.4, 0.5) is 0 Å². The summed E-state index contributed by atoms with van der Waals surface area (Å²) in [5.74, 6) is 0.859. The molecule has 0 N–H and O–H groups in total. The van der Waals surface area contributed by atoms with Crippen molar-refractivity contribution in [2.45, 2.75) is 47.5 Å². The molecule has 0 rings (SSSR count). The molecule has 0 heterocycles. The first kappa shape index (κ1) is 14.2. The zero-order valence-corrected chi connectivity index (χ0v) is 10.7. The van der Waals surface area contributed by atoms with Crippen LogP contribution in [0.15, 0.2) is 11.6 Å². The van der Waals surface area contributed by atoms with E-state index in [2.05, 4.69) is 33.8 Å². The molecule has 2 heteroatoms. The molecule has 0 amide bonds. The zero-order chi connectivity index (χ0) is 11.8. The number of rotatable bonds is 6. The maximum Gasteiger partial charge on any atom is 0.302 e. The van der Waals surface area contributed by atoms with Crippen LogP contribution in [-0.2, 0) is 9.53 Å². The number of hydrogen-bond donors (Lipinski definition) is 0. The molecule has 0 fully saturated rings. The van der Waals surface area contributed by atoms with E-state index in [1.165, 1.54) is 12.5 Å². The third kappa shape index (κ3) is 8.22. The molecule has 2 atom stereocenters. The van der Waals surface area contributed by atoms with Gasteiger partial charge in [-0.1, -0.05) is 25.5 Å². The van der Waals surface area contributed by atoms with Crippen molar-refractivity contribution in [1.82, 2.24) is 0 Å². The van der Waals surface area contributed by atoms with Gasteiger partial charge >= 0.3 is 5.97 Å². The maximum absolute atomic E-state index is 10.6. The highest BCUT2D eigenvalue weighted by Gasteiger charge is 2.12. The van der Waals surface area contributed by atoms with Gasteiger partial charge in [0.15, 0.2) is 0 Å². The Balaban J connectivity index is 3.73. The number of esters is 1. The third-order valence-corrected chi connectivity index (χ3v) is 2.70. The predicted octanol–water partition coefficient (Wildman–Crippen LogP) is 3.57. The summed E-state index contributed by atoms with van der Waals surface area (Å²) in [6.07, 6.45) is 4.54. The molecule has 0 aromatic carbocycles. The average molecular weight is 212 g/mol. The van der Waals surface area contributed by atoms with E-state index < -0.39 is 0 Å². The summed E-state index contributed by atoms with van der Waals surface area (Å²) in [5.41, 5.74) is 1.37. The lowest BCUT2D eigenvalue weighted by atomic mass is 9.92. The molecular formula is C13H24O2. The van der Waals surface area contributed by atoms with Gasteiger partial charge in [0.05, 0.1) is 6.61 Å². The second-order valence-corrected chi connectivity index (χ2v) is 4.62. The second-order valence-electron chi connectivity index (χ2n) is 4.62. The van der Waals surface area contributed by atoms with Gasteiger partial charge in [0, 0.05) is 6.92 Å². The topological polar surface area (TPSA) is 26.3 Å². The van der Waals surface area contributed by atoms with Crippen molar-refractivity contribution < 1.29 is 9.53 Å². The molecule has 0 aromatic rings. The minimum absolute atomic E-state index is 0.182. The largest absolute Gasteiger partial charge is 0.466 e. The molecule has 0 saturated heterocycles. The van der Waals surface area contributed by atoms with Crippen LogP contribution in [0.2, 0.25) is 0 Å². The van der Waals surface area contributed by atoms with Crippen molar-refractivity contribution in [1.29, 1.82) is 0 Å². The van der Waals surface area contributed by atoms with E-state index in [9.17, 15) is 4.79 Å². The van der Waals surface area contributed by atoms with E-state index in [4.69, 9.17) is 4.74 Å². The molecule has 0 aliphatic carbocycles. The lowest BCUT2D eigenvalue weighted by Gasteiger charge is -2.18. The Morgan fingerprint density at radius 2 is 1.80 bits per heavy atom. The molecule has 0 aliphatic rings. The first-order valence-electron chi connectivity index (χ1n) is 5.70. The summed E-state index contributed by atoms with van der Waals surface area (Å²) in [6, 6.07) is 0. The van der Waals surface area contributed by atoms with E-state index in [1.807, 2.05) is 0 Å². The molecule has 2 nitrogen and oxygen atoms in total. The first-order valence-corrected chi connectivity index (χ1v) is 5.70. The molecule has 0 bridgehead atoms. The fourth-order valence-corrected chi connectivity index (χ4v) is 1.33. The number of ether oxygens (including phenoxy) is 1. The second kappa shape index (κ2) is 7.49. The zero-order valence-electron chi connectivity index (χ0n) is 10.7. The molecule has 0 spiro atoms. The van der Waals surface area contributed by atoms with Gasteiger partial charge in [0.2, 0.25) is 0 Å². The van der Waals surface area contributed by atoms with Gasteiger partial charge in [-0.05, 0) is 38.5 Å². The molecule has 0 saturated carbocycles. The predicted molar refractivity (Wildman–Crippen MR) is 63.6 cm³/mol. The average Bonchev–Trinajstić information content (AvgIpc) is 2.13. The van der Waals surface area contributed by atoms with Gasteiger partial charge in [-0.15, -0.1) is 0 Å². The third-order valence-electron chi connectivity index (χ3n) is 2.70.